The van der Waals surface area contributed by atoms with Gasteiger partial charge in [0.2, 0.25) is 11.8 Å². The smallest absolute Gasteiger partial charge is 0.262 e. The zero-order valence-corrected chi connectivity index (χ0v) is 25.5. The lowest BCUT2D eigenvalue weighted by atomic mass is 9.93. The molecule has 228 valence electrons. The van der Waals surface area contributed by atoms with Gasteiger partial charge in [0.15, 0.2) is 0 Å². The van der Waals surface area contributed by atoms with Crippen molar-refractivity contribution in [2.45, 2.75) is 56.5 Å². The first-order valence-corrected chi connectivity index (χ1v) is 16.5. The molecule has 2 aliphatic heterocycles. The summed E-state index contributed by atoms with van der Waals surface area (Å²) in [5.41, 5.74) is -0.0507. The highest BCUT2D eigenvalue weighted by Crippen LogP contribution is 2.32. The Morgan fingerprint density at radius 2 is 1.67 bits per heavy atom. The molecule has 3 amide bonds. The van der Waals surface area contributed by atoms with Crippen LogP contribution < -0.4 is 16.0 Å². The van der Waals surface area contributed by atoms with Gasteiger partial charge < -0.3 is 25.6 Å². The van der Waals surface area contributed by atoms with Crippen molar-refractivity contribution in [3.8, 4) is 0 Å². The van der Waals surface area contributed by atoms with E-state index in [1.54, 1.807) is 0 Å². The third-order valence-corrected chi connectivity index (χ3v) is 10.4. The highest BCUT2D eigenvalue weighted by molar-refractivity contribution is 7.20. The Morgan fingerprint density at radius 3 is 2.42 bits per heavy atom. The third kappa shape index (κ3) is 7.28. The summed E-state index contributed by atoms with van der Waals surface area (Å²) in [7, 11) is 0. The van der Waals surface area contributed by atoms with Gasteiger partial charge in [0, 0.05) is 56.4 Å². The number of benzene rings is 2. The van der Waals surface area contributed by atoms with Gasteiger partial charge in [-0.3, -0.25) is 14.4 Å². The van der Waals surface area contributed by atoms with Crippen LogP contribution in [0.4, 0.5) is 0 Å². The quantitative estimate of drug-likeness (QED) is 0.306. The summed E-state index contributed by atoms with van der Waals surface area (Å²) in [6.07, 6.45) is 5.46. The Bertz CT molecular complexity index is 1380. The molecule has 6 rings (SSSR count). The fourth-order valence-electron chi connectivity index (χ4n) is 6.73. The molecule has 1 aromatic heterocycles. The molecule has 2 saturated heterocycles. The van der Waals surface area contributed by atoms with Crippen molar-refractivity contribution in [3.05, 3.63) is 71.1 Å². The van der Waals surface area contributed by atoms with Gasteiger partial charge in [-0.25, -0.2) is 0 Å². The lowest BCUT2D eigenvalue weighted by Gasteiger charge is -2.42. The van der Waals surface area contributed by atoms with Gasteiger partial charge in [-0.15, -0.1) is 11.3 Å². The van der Waals surface area contributed by atoms with E-state index in [2.05, 4.69) is 20.9 Å². The summed E-state index contributed by atoms with van der Waals surface area (Å²) in [5, 5.41) is 10.3. The Morgan fingerprint density at radius 1 is 0.953 bits per heavy atom. The average Bonchev–Trinajstić information content (AvgIpc) is 3.67. The standard InChI is InChI=1S/C34H42N4O4S/c39-31(35-20-26-22-38(23-26)21-25-12-16-42-17-13-25)28(18-24-8-2-1-3-9-24)36-33(41)34(14-6-7-15-34)37-32(40)30-19-27-10-4-5-11-29(27)43-30/h1-5,8-11,19,25-26,28H,6-7,12-18,20-23H2,(H,35,39)(H,36,41)(H,37,40)/t28-/m1/s1. The summed E-state index contributed by atoms with van der Waals surface area (Å²) >= 11 is 1.43. The second kappa shape index (κ2) is 13.6. The number of rotatable bonds is 11. The van der Waals surface area contributed by atoms with Crippen molar-refractivity contribution in [1.29, 1.82) is 0 Å². The molecule has 8 nitrogen and oxygen atoms in total. The Balaban J connectivity index is 1.08. The number of fused-ring (bicyclic) bond motifs is 1. The predicted molar refractivity (Wildman–Crippen MR) is 169 cm³/mol. The first-order valence-electron chi connectivity index (χ1n) is 15.7. The number of likely N-dealkylation sites (tertiary alicyclic amines) is 1. The molecule has 0 bridgehead atoms. The number of nitrogens with one attached hydrogen (secondary N) is 3. The topological polar surface area (TPSA) is 99.8 Å². The number of hydrogen-bond acceptors (Lipinski definition) is 6. The molecule has 3 fully saturated rings. The zero-order chi connectivity index (χ0) is 29.6. The van der Waals surface area contributed by atoms with Crippen molar-refractivity contribution >= 4 is 39.1 Å². The fraction of sp³-hybridized carbons (Fsp3) is 0.500. The predicted octanol–water partition coefficient (Wildman–Crippen LogP) is 4.15. The number of ether oxygens (including phenoxy) is 1. The number of thiophene rings is 1. The van der Waals surface area contributed by atoms with E-state index in [9.17, 15) is 14.4 Å². The summed E-state index contributed by atoms with van der Waals surface area (Å²) in [5.74, 6) is 0.430. The molecule has 3 aromatic rings. The van der Waals surface area contributed by atoms with E-state index in [-0.39, 0.29) is 17.7 Å². The first-order chi connectivity index (χ1) is 21.0. The molecule has 3 aliphatic rings. The summed E-state index contributed by atoms with van der Waals surface area (Å²) < 4.78 is 6.52. The van der Waals surface area contributed by atoms with E-state index >= 15 is 0 Å². The SMILES string of the molecule is O=C(NC1(C(=O)N[C@H](Cc2ccccc2)C(=O)NCC2CN(CC3CCOCC3)C2)CCCC1)c1cc2ccccc2s1. The Hall–Kier alpha value is -3.27. The van der Waals surface area contributed by atoms with Crippen LogP contribution >= 0.6 is 11.3 Å². The van der Waals surface area contributed by atoms with E-state index in [0.717, 1.165) is 74.2 Å². The van der Waals surface area contributed by atoms with Gasteiger partial charge in [-0.05, 0) is 54.7 Å². The molecule has 3 heterocycles. The Labute approximate surface area is 257 Å². The van der Waals surface area contributed by atoms with Crippen molar-refractivity contribution in [1.82, 2.24) is 20.9 Å². The zero-order valence-electron chi connectivity index (χ0n) is 24.7. The van der Waals surface area contributed by atoms with E-state index in [0.29, 0.717) is 42.5 Å². The number of amides is 3. The van der Waals surface area contributed by atoms with Gasteiger partial charge in [-0.1, -0.05) is 61.4 Å². The lowest BCUT2D eigenvalue weighted by Crippen LogP contribution is -2.61. The lowest BCUT2D eigenvalue weighted by molar-refractivity contribution is -0.132. The molecule has 1 saturated carbocycles. The van der Waals surface area contributed by atoms with Crippen LogP contribution in [0.1, 0.15) is 53.8 Å². The van der Waals surface area contributed by atoms with Gasteiger partial charge in [0.05, 0.1) is 4.88 Å². The molecule has 1 aliphatic carbocycles. The van der Waals surface area contributed by atoms with E-state index < -0.39 is 11.6 Å². The Kier molecular flexibility index (Phi) is 9.40. The minimum absolute atomic E-state index is 0.177. The summed E-state index contributed by atoms with van der Waals surface area (Å²) in [6, 6.07) is 18.8. The average molecular weight is 603 g/mol. The van der Waals surface area contributed by atoms with E-state index in [1.807, 2.05) is 60.7 Å². The van der Waals surface area contributed by atoms with Gasteiger partial charge in [0.1, 0.15) is 11.6 Å². The number of carbonyl (C=O) groups excluding carboxylic acids is 3. The minimum atomic E-state index is -1.03. The van der Waals surface area contributed by atoms with Crippen LogP contribution in [-0.2, 0) is 20.7 Å². The second-order valence-corrected chi connectivity index (χ2v) is 13.6. The van der Waals surface area contributed by atoms with Crippen LogP contribution in [0, 0.1) is 11.8 Å². The molecule has 9 heteroatoms. The highest BCUT2D eigenvalue weighted by atomic mass is 32.1. The molecule has 0 radical (unpaired) electrons. The monoisotopic (exact) mass is 602 g/mol. The molecule has 0 unspecified atom stereocenters. The van der Waals surface area contributed by atoms with Gasteiger partial charge in [0.25, 0.3) is 5.91 Å². The molecule has 0 spiro atoms. The van der Waals surface area contributed by atoms with Crippen LogP contribution in [0.15, 0.2) is 60.7 Å². The van der Waals surface area contributed by atoms with Crippen molar-refractivity contribution in [2.75, 3.05) is 39.4 Å². The van der Waals surface area contributed by atoms with Crippen molar-refractivity contribution in [2.24, 2.45) is 11.8 Å². The minimum Gasteiger partial charge on any atom is -0.381 e. The van der Waals surface area contributed by atoms with E-state index in [4.69, 9.17) is 4.74 Å². The summed E-state index contributed by atoms with van der Waals surface area (Å²) in [6.45, 7) is 5.40. The molecule has 3 N–H and O–H groups in total. The van der Waals surface area contributed by atoms with Crippen molar-refractivity contribution < 1.29 is 19.1 Å². The van der Waals surface area contributed by atoms with Gasteiger partial charge in [-0.2, -0.15) is 0 Å². The second-order valence-electron chi connectivity index (χ2n) is 12.5. The van der Waals surface area contributed by atoms with Crippen molar-refractivity contribution in [3.63, 3.8) is 0 Å². The first kappa shape index (κ1) is 29.8. The number of nitrogens with zero attached hydrogens (tertiary/aromatic N) is 1. The van der Waals surface area contributed by atoms with Crippen LogP contribution in [0.3, 0.4) is 0 Å². The molecular weight excluding hydrogens is 560 g/mol. The molecule has 1 atom stereocenters. The highest BCUT2D eigenvalue weighted by Gasteiger charge is 2.44. The van der Waals surface area contributed by atoms with Gasteiger partial charge >= 0.3 is 0 Å². The molecule has 43 heavy (non-hydrogen) atoms. The normalized spacial score (nSPS) is 19.9. The summed E-state index contributed by atoms with van der Waals surface area (Å²) in [4.78, 5) is 43.9. The maximum atomic E-state index is 13.9. The molecular formula is C34H42N4O4S. The maximum absolute atomic E-state index is 13.9. The third-order valence-electron chi connectivity index (χ3n) is 9.25. The van der Waals surface area contributed by atoms with Crippen LogP contribution in [0.25, 0.3) is 10.1 Å². The van der Waals surface area contributed by atoms with Crippen LogP contribution in [-0.4, -0.2) is 73.6 Å². The largest absolute Gasteiger partial charge is 0.381 e. The van der Waals surface area contributed by atoms with Crippen LogP contribution in [0.2, 0.25) is 0 Å². The number of carbonyl (C=O) groups is 3. The fourth-order valence-corrected chi connectivity index (χ4v) is 7.69. The molecule has 2 aromatic carbocycles. The maximum Gasteiger partial charge on any atom is 0.262 e. The number of hydrogen-bond donors (Lipinski definition) is 3. The van der Waals surface area contributed by atoms with Crippen LogP contribution in [0.5, 0.6) is 0 Å². The van der Waals surface area contributed by atoms with E-state index in [1.165, 1.54) is 11.3 Å².